The molecule has 1 fully saturated rings. The Bertz CT molecular complexity index is 581. The molecule has 0 saturated heterocycles. The third-order valence-electron chi connectivity index (χ3n) is 2.88. The third kappa shape index (κ3) is 1.64. The molecule has 3 nitrogen and oxygen atoms in total. The fourth-order valence-corrected chi connectivity index (χ4v) is 2.01. The van der Waals surface area contributed by atoms with E-state index in [2.05, 4.69) is 4.98 Å². The van der Waals surface area contributed by atoms with E-state index in [1.165, 1.54) is 10.6 Å². The number of halogens is 3. The molecule has 0 unspecified atom stereocenters. The Morgan fingerprint density at radius 1 is 1.29 bits per heavy atom. The molecule has 0 radical (unpaired) electrons. The van der Waals surface area contributed by atoms with E-state index in [9.17, 15) is 13.2 Å². The van der Waals surface area contributed by atoms with E-state index in [4.69, 9.17) is 5.73 Å². The first kappa shape index (κ1) is 10.4. The van der Waals surface area contributed by atoms with Crippen molar-refractivity contribution < 1.29 is 13.2 Å². The molecule has 1 aliphatic rings. The van der Waals surface area contributed by atoms with Crippen LogP contribution in [0.15, 0.2) is 18.2 Å². The summed E-state index contributed by atoms with van der Waals surface area (Å²) < 4.78 is 39.9. The quantitative estimate of drug-likeness (QED) is 0.780. The number of imidazole rings is 1. The average molecular weight is 241 g/mol. The van der Waals surface area contributed by atoms with Gasteiger partial charge in [-0.3, -0.25) is 0 Å². The lowest BCUT2D eigenvalue weighted by molar-refractivity contribution is -0.147. The molecule has 90 valence electrons. The fourth-order valence-electron chi connectivity index (χ4n) is 2.01. The van der Waals surface area contributed by atoms with E-state index < -0.39 is 12.0 Å². The second-order valence-electron chi connectivity index (χ2n) is 4.28. The molecule has 2 aromatic rings. The highest BCUT2D eigenvalue weighted by molar-refractivity contribution is 5.80. The van der Waals surface area contributed by atoms with Crippen molar-refractivity contribution in [1.82, 2.24) is 9.55 Å². The second kappa shape index (κ2) is 3.15. The first-order valence-electron chi connectivity index (χ1n) is 5.31. The van der Waals surface area contributed by atoms with Crippen LogP contribution in [0.1, 0.15) is 24.7 Å². The highest BCUT2D eigenvalue weighted by Crippen LogP contribution is 2.42. The Kier molecular flexibility index (Phi) is 1.93. The van der Waals surface area contributed by atoms with E-state index in [0.717, 1.165) is 12.8 Å². The first-order chi connectivity index (χ1) is 7.97. The van der Waals surface area contributed by atoms with Crippen LogP contribution in [0.3, 0.4) is 0 Å². The van der Waals surface area contributed by atoms with Gasteiger partial charge in [0.1, 0.15) is 0 Å². The van der Waals surface area contributed by atoms with Gasteiger partial charge in [0.25, 0.3) is 0 Å². The molecule has 1 aromatic carbocycles. The highest BCUT2D eigenvalue weighted by atomic mass is 19.4. The minimum Gasteiger partial charge on any atom is -0.399 e. The summed E-state index contributed by atoms with van der Waals surface area (Å²) in [5.74, 6) is -0.819. The molecule has 1 aliphatic carbocycles. The Morgan fingerprint density at radius 3 is 2.59 bits per heavy atom. The maximum absolute atomic E-state index is 12.9. The number of nitrogens with zero attached hydrogens (tertiary/aromatic N) is 2. The van der Waals surface area contributed by atoms with Gasteiger partial charge in [-0.25, -0.2) is 4.98 Å². The second-order valence-corrected chi connectivity index (χ2v) is 4.28. The molecule has 1 heterocycles. The van der Waals surface area contributed by atoms with Crippen LogP contribution in [0, 0.1) is 0 Å². The molecule has 0 atom stereocenters. The number of anilines is 1. The third-order valence-corrected chi connectivity index (χ3v) is 2.88. The lowest BCUT2D eigenvalue weighted by Crippen LogP contribution is -2.14. The van der Waals surface area contributed by atoms with E-state index in [0.29, 0.717) is 16.7 Å². The first-order valence-corrected chi connectivity index (χ1v) is 5.31. The van der Waals surface area contributed by atoms with E-state index in [1.807, 2.05) is 0 Å². The molecule has 0 aliphatic heterocycles. The maximum Gasteiger partial charge on any atom is 0.449 e. The summed E-state index contributed by atoms with van der Waals surface area (Å²) >= 11 is 0. The van der Waals surface area contributed by atoms with Gasteiger partial charge in [0.05, 0.1) is 11.0 Å². The zero-order valence-electron chi connectivity index (χ0n) is 8.83. The normalized spacial score (nSPS) is 16.6. The van der Waals surface area contributed by atoms with Crippen molar-refractivity contribution in [2.24, 2.45) is 0 Å². The molecule has 3 rings (SSSR count). The highest BCUT2D eigenvalue weighted by Gasteiger charge is 2.41. The zero-order valence-corrected chi connectivity index (χ0v) is 8.83. The van der Waals surface area contributed by atoms with Crippen LogP contribution >= 0.6 is 0 Å². The van der Waals surface area contributed by atoms with Gasteiger partial charge in [0, 0.05) is 11.7 Å². The standard InChI is InChI=1S/C11H10F3N3/c12-11(13,14)10-16-8-4-1-6(15)5-9(8)17(10)7-2-3-7/h1,4-5,7H,2-3,15H2. The van der Waals surface area contributed by atoms with Gasteiger partial charge >= 0.3 is 6.18 Å². The number of hydrogen-bond acceptors (Lipinski definition) is 2. The average Bonchev–Trinajstić information content (AvgIpc) is 2.98. The molecule has 1 aromatic heterocycles. The number of aromatic nitrogens is 2. The van der Waals surface area contributed by atoms with Gasteiger partial charge in [-0.1, -0.05) is 0 Å². The van der Waals surface area contributed by atoms with Crippen molar-refractivity contribution in [3.05, 3.63) is 24.0 Å². The van der Waals surface area contributed by atoms with Gasteiger partial charge in [-0.05, 0) is 31.0 Å². The van der Waals surface area contributed by atoms with Crippen LogP contribution in [-0.4, -0.2) is 9.55 Å². The van der Waals surface area contributed by atoms with Crippen molar-refractivity contribution in [1.29, 1.82) is 0 Å². The van der Waals surface area contributed by atoms with Crippen LogP contribution in [0.2, 0.25) is 0 Å². The molecule has 0 bridgehead atoms. The van der Waals surface area contributed by atoms with Gasteiger partial charge in [0.15, 0.2) is 0 Å². The van der Waals surface area contributed by atoms with Gasteiger partial charge < -0.3 is 10.3 Å². The number of hydrogen-bond donors (Lipinski definition) is 1. The van der Waals surface area contributed by atoms with E-state index >= 15 is 0 Å². The minimum atomic E-state index is -4.42. The molecule has 1 saturated carbocycles. The molecular formula is C11H10F3N3. The summed E-state index contributed by atoms with van der Waals surface area (Å²) in [5.41, 5.74) is 6.88. The van der Waals surface area contributed by atoms with Crippen LogP contribution in [-0.2, 0) is 6.18 Å². The molecule has 0 amide bonds. The molecule has 2 N–H and O–H groups in total. The van der Waals surface area contributed by atoms with Crippen molar-refractivity contribution in [3.63, 3.8) is 0 Å². The Hall–Kier alpha value is -1.72. The lowest BCUT2D eigenvalue weighted by atomic mass is 10.3. The summed E-state index contributed by atoms with van der Waals surface area (Å²) in [5, 5.41) is 0. The van der Waals surface area contributed by atoms with Gasteiger partial charge in [-0.2, -0.15) is 13.2 Å². The van der Waals surface area contributed by atoms with Crippen molar-refractivity contribution in [2.45, 2.75) is 25.1 Å². The van der Waals surface area contributed by atoms with E-state index in [1.54, 1.807) is 12.1 Å². The number of nitrogen functional groups attached to an aromatic ring is 1. The number of nitrogens with two attached hydrogens (primary N) is 1. The maximum atomic E-state index is 12.9. The number of benzene rings is 1. The zero-order chi connectivity index (χ0) is 12.2. The van der Waals surface area contributed by atoms with Crippen molar-refractivity contribution in [3.8, 4) is 0 Å². The fraction of sp³-hybridized carbons (Fsp3) is 0.364. The SMILES string of the molecule is Nc1ccc2nc(C(F)(F)F)n(C3CC3)c2c1. The van der Waals surface area contributed by atoms with Gasteiger partial charge in [-0.15, -0.1) is 0 Å². The Balaban J connectivity index is 2.31. The molecular weight excluding hydrogens is 231 g/mol. The summed E-state index contributed by atoms with van der Waals surface area (Å²) in [6.07, 6.45) is -2.89. The summed E-state index contributed by atoms with van der Waals surface area (Å²) in [4.78, 5) is 3.67. The monoisotopic (exact) mass is 241 g/mol. The van der Waals surface area contributed by atoms with Crippen LogP contribution in [0.5, 0.6) is 0 Å². The van der Waals surface area contributed by atoms with Crippen molar-refractivity contribution in [2.75, 3.05) is 5.73 Å². The smallest absolute Gasteiger partial charge is 0.399 e. The largest absolute Gasteiger partial charge is 0.449 e. The Labute approximate surface area is 95.0 Å². The Morgan fingerprint density at radius 2 is 2.00 bits per heavy atom. The number of alkyl halides is 3. The number of rotatable bonds is 1. The summed E-state index contributed by atoms with van der Waals surface area (Å²) in [6.45, 7) is 0. The topological polar surface area (TPSA) is 43.8 Å². The van der Waals surface area contributed by atoms with Crippen LogP contribution in [0.4, 0.5) is 18.9 Å². The predicted octanol–water partition coefficient (Wildman–Crippen LogP) is 2.97. The molecule has 6 heteroatoms. The predicted molar refractivity (Wildman–Crippen MR) is 57.4 cm³/mol. The number of fused-ring (bicyclic) bond motifs is 1. The van der Waals surface area contributed by atoms with Crippen LogP contribution in [0.25, 0.3) is 11.0 Å². The lowest BCUT2D eigenvalue weighted by Gasteiger charge is -2.09. The van der Waals surface area contributed by atoms with E-state index in [-0.39, 0.29) is 6.04 Å². The summed E-state index contributed by atoms with van der Waals surface area (Å²) in [7, 11) is 0. The van der Waals surface area contributed by atoms with Gasteiger partial charge in [0.2, 0.25) is 5.82 Å². The van der Waals surface area contributed by atoms with Crippen molar-refractivity contribution >= 4 is 16.7 Å². The molecule has 17 heavy (non-hydrogen) atoms. The van der Waals surface area contributed by atoms with Crippen LogP contribution < -0.4 is 5.73 Å². The minimum absolute atomic E-state index is 0.0848. The molecule has 0 spiro atoms. The summed E-state index contributed by atoms with van der Waals surface area (Å²) in [6, 6.07) is 4.56.